The third-order valence-corrected chi connectivity index (χ3v) is 2.96. The van der Waals surface area contributed by atoms with Crippen LogP contribution >= 0.6 is 0 Å². The van der Waals surface area contributed by atoms with Crippen LogP contribution in [0.2, 0.25) is 0 Å². The highest BCUT2D eigenvalue weighted by atomic mass is 16.3. The number of aromatic nitrogens is 2. The second-order valence-electron chi connectivity index (χ2n) is 4.96. The van der Waals surface area contributed by atoms with Crippen LogP contribution in [-0.4, -0.2) is 45.7 Å². The molecule has 1 rings (SSSR count). The van der Waals surface area contributed by atoms with Crippen molar-refractivity contribution >= 4 is 5.82 Å². The first kappa shape index (κ1) is 15.9. The van der Waals surface area contributed by atoms with Crippen molar-refractivity contribution in [3.05, 3.63) is 18.1 Å². The van der Waals surface area contributed by atoms with Crippen molar-refractivity contribution in [1.29, 1.82) is 0 Å². The molecule has 1 aromatic heterocycles. The van der Waals surface area contributed by atoms with Crippen molar-refractivity contribution in [3.63, 3.8) is 0 Å². The number of rotatable bonds is 9. The average molecular weight is 266 g/mol. The van der Waals surface area contributed by atoms with E-state index in [0.29, 0.717) is 6.04 Å². The third-order valence-electron chi connectivity index (χ3n) is 2.96. The summed E-state index contributed by atoms with van der Waals surface area (Å²) in [5.41, 5.74) is 0.966. The fourth-order valence-corrected chi connectivity index (χ4v) is 1.78. The van der Waals surface area contributed by atoms with E-state index in [0.717, 1.165) is 44.0 Å². The van der Waals surface area contributed by atoms with Gasteiger partial charge in [-0.05, 0) is 26.7 Å². The molecule has 0 atom stereocenters. The van der Waals surface area contributed by atoms with Gasteiger partial charge in [0.2, 0.25) is 0 Å². The zero-order chi connectivity index (χ0) is 14.1. The molecule has 0 aliphatic carbocycles. The molecule has 0 bridgehead atoms. The lowest BCUT2D eigenvalue weighted by Crippen LogP contribution is -2.32. The van der Waals surface area contributed by atoms with Crippen LogP contribution in [0.3, 0.4) is 0 Å². The van der Waals surface area contributed by atoms with E-state index in [-0.39, 0.29) is 6.61 Å². The van der Waals surface area contributed by atoms with Gasteiger partial charge in [0.15, 0.2) is 0 Å². The lowest BCUT2D eigenvalue weighted by atomic mass is 10.2. The van der Waals surface area contributed by atoms with Crippen LogP contribution in [0.1, 0.15) is 39.3 Å². The van der Waals surface area contributed by atoms with Crippen LogP contribution in [0.4, 0.5) is 5.82 Å². The van der Waals surface area contributed by atoms with Crippen molar-refractivity contribution in [2.24, 2.45) is 0 Å². The number of anilines is 1. The van der Waals surface area contributed by atoms with Gasteiger partial charge in [-0.15, -0.1) is 0 Å². The van der Waals surface area contributed by atoms with E-state index in [1.807, 2.05) is 6.20 Å². The summed E-state index contributed by atoms with van der Waals surface area (Å²) in [5.74, 6) is 0.831. The van der Waals surface area contributed by atoms with Crippen LogP contribution in [0, 0.1) is 0 Å². The Labute approximate surface area is 116 Å². The Hall–Kier alpha value is -1.20. The zero-order valence-corrected chi connectivity index (χ0v) is 12.3. The van der Waals surface area contributed by atoms with E-state index in [1.165, 1.54) is 0 Å². The van der Waals surface area contributed by atoms with E-state index >= 15 is 0 Å². The summed E-state index contributed by atoms with van der Waals surface area (Å²) in [7, 11) is 0. The molecule has 1 heterocycles. The van der Waals surface area contributed by atoms with E-state index in [1.54, 1.807) is 6.20 Å². The van der Waals surface area contributed by atoms with Crippen LogP contribution < -0.4 is 5.32 Å². The Morgan fingerprint density at radius 1 is 1.32 bits per heavy atom. The van der Waals surface area contributed by atoms with Gasteiger partial charge in [-0.1, -0.05) is 6.92 Å². The molecule has 0 aromatic carbocycles. The Balaban J connectivity index is 2.54. The molecule has 19 heavy (non-hydrogen) atoms. The standard InChI is InChI=1S/C14H26N4O/c1-4-6-15-14-10-16-13(9-17-14)11-18(12(2)3)7-5-8-19/h9-10,12,19H,4-8,11H2,1-3H3,(H,15,17). The molecule has 0 saturated carbocycles. The maximum Gasteiger partial charge on any atom is 0.144 e. The summed E-state index contributed by atoms with van der Waals surface area (Å²) < 4.78 is 0. The molecule has 2 N–H and O–H groups in total. The number of aliphatic hydroxyl groups excluding tert-OH is 1. The normalized spacial score (nSPS) is 11.3. The van der Waals surface area contributed by atoms with E-state index in [4.69, 9.17) is 5.11 Å². The molecule has 0 saturated heterocycles. The van der Waals surface area contributed by atoms with Crippen molar-refractivity contribution in [3.8, 4) is 0 Å². The summed E-state index contributed by atoms with van der Waals surface area (Å²) in [4.78, 5) is 11.1. The fourth-order valence-electron chi connectivity index (χ4n) is 1.78. The van der Waals surface area contributed by atoms with Gasteiger partial charge in [-0.2, -0.15) is 0 Å². The SMILES string of the molecule is CCCNc1cnc(CN(CCCO)C(C)C)cn1. The predicted octanol–water partition coefficient (Wildman–Crippen LogP) is 1.89. The molecule has 0 spiro atoms. The van der Waals surface area contributed by atoms with Gasteiger partial charge in [0.25, 0.3) is 0 Å². The summed E-state index contributed by atoms with van der Waals surface area (Å²) in [6, 6.07) is 0.436. The maximum absolute atomic E-state index is 8.92. The largest absolute Gasteiger partial charge is 0.396 e. The minimum absolute atomic E-state index is 0.231. The minimum Gasteiger partial charge on any atom is -0.396 e. The summed E-state index contributed by atoms with van der Waals surface area (Å²) in [6.07, 6.45) is 5.48. The molecule has 0 amide bonds. The van der Waals surface area contributed by atoms with Gasteiger partial charge in [0.05, 0.1) is 18.1 Å². The Morgan fingerprint density at radius 3 is 2.63 bits per heavy atom. The molecular formula is C14H26N4O. The predicted molar refractivity (Wildman–Crippen MR) is 78.1 cm³/mol. The highest BCUT2D eigenvalue weighted by Crippen LogP contribution is 2.08. The van der Waals surface area contributed by atoms with Crippen LogP contribution in [0.15, 0.2) is 12.4 Å². The molecule has 0 aliphatic rings. The van der Waals surface area contributed by atoms with Crippen molar-refractivity contribution in [2.75, 3.05) is 25.0 Å². The first-order valence-electron chi connectivity index (χ1n) is 7.07. The van der Waals surface area contributed by atoms with E-state index < -0.39 is 0 Å². The number of hydrogen-bond acceptors (Lipinski definition) is 5. The topological polar surface area (TPSA) is 61.3 Å². The summed E-state index contributed by atoms with van der Waals surface area (Å²) >= 11 is 0. The number of nitrogens with one attached hydrogen (secondary N) is 1. The third kappa shape index (κ3) is 5.98. The number of nitrogens with zero attached hydrogens (tertiary/aromatic N) is 3. The van der Waals surface area contributed by atoms with Crippen molar-refractivity contribution < 1.29 is 5.11 Å². The lowest BCUT2D eigenvalue weighted by Gasteiger charge is -2.25. The van der Waals surface area contributed by atoms with Crippen LogP contribution in [0.25, 0.3) is 0 Å². The molecule has 0 aliphatic heterocycles. The zero-order valence-electron chi connectivity index (χ0n) is 12.3. The Kier molecular flexibility index (Phi) is 7.36. The molecule has 1 aromatic rings. The molecular weight excluding hydrogens is 240 g/mol. The van der Waals surface area contributed by atoms with Gasteiger partial charge in [0, 0.05) is 32.3 Å². The van der Waals surface area contributed by atoms with Crippen LogP contribution in [-0.2, 0) is 6.54 Å². The number of aliphatic hydroxyl groups is 1. The molecule has 0 radical (unpaired) electrons. The minimum atomic E-state index is 0.231. The molecule has 5 heteroatoms. The highest BCUT2D eigenvalue weighted by Gasteiger charge is 2.10. The van der Waals surface area contributed by atoms with Crippen LogP contribution in [0.5, 0.6) is 0 Å². The molecule has 0 fully saturated rings. The van der Waals surface area contributed by atoms with Gasteiger partial charge in [-0.3, -0.25) is 9.88 Å². The lowest BCUT2D eigenvalue weighted by molar-refractivity contribution is 0.183. The number of hydrogen-bond donors (Lipinski definition) is 2. The molecule has 0 unspecified atom stereocenters. The Bertz CT molecular complexity index is 340. The maximum atomic E-state index is 8.92. The monoisotopic (exact) mass is 266 g/mol. The van der Waals surface area contributed by atoms with Gasteiger partial charge in [0.1, 0.15) is 5.82 Å². The van der Waals surface area contributed by atoms with Gasteiger partial charge >= 0.3 is 0 Å². The quantitative estimate of drug-likeness (QED) is 0.715. The smallest absolute Gasteiger partial charge is 0.144 e. The second-order valence-corrected chi connectivity index (χ2v) is 4.96. The second kappa shape index (κ2) is 8.82. The summed E-state index contributed by atoms with van der Waals surface area (Å²) in [5, 5.41) is 12.1. The van der Waals surface area contributed by atoms with Crippen molar-refractivity contribution in [2.45, 2.75) is 46.2 Å². The Morgan fingerprint density at radius 2 is 2.11 bits per heavy atom. The molecule has 5 nitrogen and oxygen atoms in total. The van der Waals surface area contributed by atoms with E-state index in [9.17, 15) is 0 Å². The van der Waals surface area contributed by atoms with Gasteiger partial charge in [-0.25, -0.2) is 4.98 Å². The first-order chi connectivity index (χ1) is 9.17. The fraction of sp³-hybridized carbons (Fsp3) is 0.714. The molecule has 108 valence electrons. The van der Waals surface area contributed by atoms with Gasteiger partial charge < -0.3 is 10.4 Å². The first-order valence-corrected chi connectivity index (χ1v) is 7.07. The average Bonchev–Trinajstić information content (AvgIpc) is 2.42. The van der Waals surface area contributed by atoms with Crippen molar-refractivity contribution in [1.82, 2.24) is 14.9 Å². The highest BCUT2D eigenvalue weighted by molar-refractivity contribution is 5.30. The summed E-state index contributed by atoms with van der Waals surface area (Å²) in [6.45, 7) is 9.24. The van der Waals surface area contributed by atoms with E-state index in [2.05, 4.69) is 41.0 Å².